The molecule has 142 valence electrons. The lowest BCUT2D eigenvalue weighted by Crippen LogP contribution is -2.31. The van der Waals surface area contributed by atoms with Gasteiger partial charge in [-0.2, -0.15) is 4.98 Å². The van der Waals surface area contributed by atoms with Crippen molar-refractivity contribution < 1.29 is 0 Å². The largest absolute Gasteiger partial charge is 0.365 e. The highest BCUT2D eigenvalue weighted by Crippen LogP contribution is 2.39. The van der Waals surface area contributed by atoms with Crippen LogP contribution in [0.15, 0.2) is 18.2 Å². The number of rotatable bonds is 4. The van der Waals surface area contributed by atoms with Gasteiger partial charge in [0.15, 0.2) is 0 Å². The molecule has 3 aromatic rings. The van der Waals surface area contributed by atoms with Gasteiger partial charge in [-0.15, -0.1) is 11.3 Å². The zero-order valence-corrected chi connectivity index (χ0v) is 17.9. The monoisotopic (exact) mass is 440 g/mol. The second-order valence-corrected chi connectivity index (χ2v) is 9.07. The number of hydrogen-bond acceptors (Lipinski definition) is 5. The standard InChI is InChI=1S/C19H19Cl3N4S/c1-11-16(22)15-17(23-10-12-5-6-13(20)14(21)9-12)24-19(25-18(15)27-11)26-7-3-2-4-8-26/h5-6,9H,2-4,7-8,10H2,1H3,(H,23,24,25). The molecule has 3 heterocycles. The highest BCUT2D eigenvalue weighted by molar-refractivity contribution is 7.19. The van der Waals surface area contributed by atoms with Crippen molar-refractivity contribution >= 4 is 68.1 Å². The third-order valence-electron chi connectivity index (χ3n) is 4.73. The second-order valence-electron chi connectivity index (χ2n) is 6.67. The summed E-state index contributed by atoms with van der Waals surface area (Å²) in [6, 6.07) is 5.62. The number of halogens is 3. The van der Waals surface area contributed by atoms with Crippen LogP contribution in [0.1, 0.15) is 29.7 Å². The Labute approximate surface area is 177 Å². The predicted molar refractivity (Wildman–Crippen MR) is 117 cm³/mol. The summed E-state index contributed by atoms with van der Waals surface area (Å²) in [5.41, 5.74) is 1.03. The van der Waals surface area contributed by atoms with Crippen LogP contribution in [0.4, 0.5) is 11.8 Å². The Balaban J connectivity index is 1.69. The van der Waals surface area contributed by atoms with Crippen molar-refractivity contribution in [3.05, 3.63) is 43.7 Å². The van der Waals surface area contributed by atoms with Gasteiger partial charge >= 0.3 is 0 Å². The lowest BCUT2D eigenvalue weighted by Gasteiger charge is -2.27. The molecular weight excluding hydrogens is 423 g/mol. The molecule has 0 spiro atoms. The predicted octanol–water partition coefficient (Wildman–Crippen LogP) is 6.56. The quantitative estimate of drug-likeness (QED) is 0.497. The Morgan fingerprint density at radius 2 is 1.85 bits per heavy atom. The van der Waals surface area contributed by atoms with Crippen LogP contribution in [0.3, 0.4) is 0 Å². The van der Waals surface area contributed by atoms with Gasteiger partial charge in [0.25, 0.3) is 0 Å². The summed E-state index contributed by atoms with van der Waals surface area (Å²) in [7, 11) is 0. The van der Waals surface area contributed by atoms with E-state index in [1.54, 1.807) is 17.4 Å². The summed E-state index contributed by atoms with van der Waals surface area (Å²) in [4.78, 5) is 13.8. The Morgan fingerprint density at radius 1 is 1.07 bits per heavy atom. The number of hydrogen-bond donors (Lipinski definition) is 1. The van der Waals surface area contributed by atoms with Gasteiger partial charge in [0.2, 0.25) is 5.95 Å². The lowest BCUT2D eigenvalue weighted by molar-refractivity contribution is 0.569. The molecule has 1 aliphatic rings. The molecule has 4 nitrogen and oxygen atoms in total. The van der Waals surface area contributed by atoms with Gasteiger partial charge in [0.05, 0.1) is 20.5 Å². The first-order valence-corrected chi connectivity index (χ1v) is 10.9. The normalized spacial score (nSPS) is 14.7. The molecule has 0 amide bonds. The van der Waals surface area contributed by atoms with Crippen LogP contribution in [0.25, 0.3) is 10.2 Å². The zero-order chi connectivity index (χ0) is 19.0. The van der Waals surface area contributed by atoms with E-state index in [0.29, 0.717) is 16.6 Å². The van der Waals surface area contributed by atoms with Gasteiger partial charge in [-0.1, -0.05) is 40.9 Å². The van der Waals surface area contributed by atoms with E-state index in [2.05, 4.69) is 10.2 Å². The number of benzene rings is 1. The van der Waals surface area contributed by atoms with E-state index in [0.717, 1.165) is 50.5 Å². The van der Waals surface area contributed by atoms with E-state index in [1.807, 2.05) is 19.1 Å². The molecule has 1 saturated heterocycles. The summed E-state index contributed by atoms with van der Waals surface area (Å²) in [6.45, 7) is 4.58. The molecule has 1 aromatic carbocycles. The first-order valence-electron chi connectivity index (χ1n) is 8.92. The third-order valence-corrected chi connectivity index (χ3v) is 7.05. The molecular formula is C19H19Cl3N4S. The van der Waals surface area contributed by atoms with Crippen molar-refractivity contribution in [3.63, 3.8) is 0 Å². The number of nitrogens with one attached hydrogen (secondary N) is 1. The summed E-state index contributed by atoms with van der Waals surface area (Å²) >= 11 is 20.3. The molecule has 4 rings (SSSR count). The minimum Gasteiger partial charge on any atom is -0.365 e. The number of aromatic nitrogens is 2. The highest BCUT2D eigenvalue weighted by atomic mass is 35.5. The summed E-state index contributed by atoms with van der Waals surface area (Å²) in [6.07, 6.45) is 3.63. The van der Waals surface area contributed by atoms with Crippen molar-refractivity contribution in [2.45, 2.75) is 32.7 Å². The van der Waals surface area contributed by atoms with E-state index in [-0.39, 0.29) is 0 Å². The molecule has 27 heavy (non-hydrogen) atoms. The van der Waals surface area contributed by atoms with Gasteiger partial charge in [0.1, 0.15) is 10.6 Å². The third kappa shape index (κ3) is 3.97. The molecule has 2 aromatic heterocycles. The zero-order valence-electron chi connectivity index (χ0n) is 14.9. The van der Waals surface area contributed by atoms with Crippen LogP contribution in [-0.4, -0.2) is 23.1 Å². The number of thiophene rings is 1. The maximum absolute atomic E-state index is 6.55. The molecule has 8 heteroatoms. The van der Waals surface area contributed by atoms with Gasteiger partial charge in [-0.25, -0.2) is 4.98 Å². The van der Waals surface area contributed by atoms with Crippen LogP contribution in [0.2, 0.25) is 15.1 Å². The average Bonchev–Trinajstić information content (AvgIpc) is 2.97. The minimum atomic E-state index is 0.544. The smallest absolute Gasteiger partial charge is 0.228 e. The highest BCUT2D eigenvalue weighted by Gasteiger charge is 2.20. The van der Waals surface area contributed by atoms with Gasteiger partial charge in [0, 0.05) is 24.5 Å². The van der Waals surface area contributed by atoms with Crippen LogP contribution < -0.4 is 10.2 Å². The fraction of sp³-hybridized carbons (Fsp3) is 0.368. The molecule has 0 aliphatic carbocycles. The minimum absolute atomic E-state index is 0.544. The van der Waals surface area contributed by atoms with E-state index in [9.17, 15) is 0 Å². The van der Waals surface area contributed by atoms with Crippen molar-refractivity contribution in [3.8, 4) is 0 Å². The maximum atomic E-state index is 6.55. The molecule has 1 aliphatic heterocycles. The van der Waals surface area contributed by atoms with Crippen molar-refractivity contribution in [2.75, 3.05) is 23.3 Å². The van der Waals surface area contributed by atoms with Crippen molar-refractivity contribution in [1.29, 1.82) is 0 Å². The maximum Gasteiger partial charge on any atom is 0.228 e. The van der Waals surface area contributed by atoms with Crippen molar-refractivity contribution in [2.24, 2.45) is 0 Å². The first kappa shape index (κ1) is 19.1. The number of anilines is 2. The fourth-order valence-electron chi connectivity index (χ4n) is 3.27. The van der Waals surface area contributed by atoms with E-state index in [4.69, 9.17) is 44.8 Å². The number of aryl methyl sites for hydroxylation is 1. The second kappa shape index (κ2) is 8.00. The molecule has 0 atom stereocenters. The summed E-state index contributed by atoms with van der Waals surface area (Å²) in [5.74, 6) is 1.54. The van der Waals surface area contributed by atoms with E-state index >= 15 is 0 Å². The molecule has 0 unspecified atom stereocenters. The van der Waals surface area contributed by atoms with Gasteiger partial charge in [-0.05, 0) is 43.9 Å². The van der Waals surface area contributed by atoms with Crippen LogP contribution in [0.5, 0.6) is 0 Å². The molecule has 1 fully saturated rings. The fourth-order valence-corrected chi connectivity index (χ4v) is 4.85. The average molecular weight is 442 g/mol. The number of fused-ring (bicyclic) bond motifs is 1. The summed E-state index contributed by atoms with van der Waals surface area (Å²) in [5, 5.41) is 6.13. The SMILES string of the molecule is Cc1sc2nc(N3CCCCC3)nc(NCc3ccc(Cl)c(Cl)c3)c2c1Cl. The van der Waals surface area contributed by atoms with Crippen molar-refractivity contribution in [1.82, 2.24) is 9.97 Å². The van der Waals surface area contributed by atoms with Gasteiger partial charge in [-0.3, -0.25) is 0 Å². The Bertz CT molecular complexity index is 983. The van der Waals surface area contributed by atoms with E-state index in [1.165, 1.54) is 19.3 Å². The molecule has 0 saturated carbocycles. The Morgan fingerprint density at radius 3 is 2.59 bits per heavy atom. The molecule has 0 radical (unpaired) electrons. The molecule has 1 N–H and O–H groups in total. The van der Waals surface area contributed by atoms with Crippen LogP contribution in [0, 0.1) is 6.92 Å². The molecule has 0 bridgehead atoms. The number of nitrogens with zero attached hydrogens (tertiary/aromatic N) is 3. The first-order chi connectivity index (χ1) is 13.0. The summed E-state index contributed by atoms with van der Waals surface area (Å²) < 4.78 is 0. The topological polar surface area (TPSA) is 41.1 Å². The Hall–Kier alpha value is -1.27. The van der Waals surface area contributed by atoms with Crippen LogP contribution in [-0.2, 0) is 6.54 Å². The lowest BCUT2D eigenvalue weighted by atomic mass is 10.1. The van der Waals surface area contributed by atoms with Crippen LogP contribution >= 0.6 is 46.1 Å². The Kier molecular flexibility index (Phi) is 5.65. The van der Waals surface area contributed by atoms with E-state index < -0.39 is 0 Å². The van der Waals surface area contributed by atoms with Gasteiger partial charge < -0.3 is 10.2 Å². The number of piperidine rings is 1.